The smallest absolute Gasteiger partial charge is 0.275 e. The largest absolute Gasteiger partial charge is 0.313 e. The Balaban J connectivity index is 2.10. The Bertz CT molecular complexity index is 490. The maximum atomic E-state index is 11.2. The van der Waals surface area contributed by atoms with Crippen LogP contribution < -0.4 is 5.32 Å². The molecule has 0 amide bonds. The average molecular weight is 312 g/mol. The molecule has 1 fully saturated rings. The molecular formula is C15H22ClN3O2. The van der Waals surface area contributed by atoms with Gasteiger partial charge in [0, 0.05) is 35.8 Å². The summed E-state index contributed by atoms with van der Waals surface area (Å²) in [7, 11) is 0. The minimum Gasteiger partial charge on any atom is -0.313 e. The highest BCUT2D eigenvalue weighted by molar-refractivity contribution is 6.30. The van der Waals surface area contributed by atoms with Gasteiger partial charge in [-0.25, -0.2) is 0 Å². The van der Waals surface area contributed by atoms with E-state index in [1.165, 1.54) is 18.9 Å². The van der Waals surface area contributed by atoms with E-state index in [9.17, 15) is 10.1 Å². The van der Waals surface area contributed by atoms with Crippen molar-refractivity contribution in [1.29, 1.82) is 0 Å². The number of hydrogen-bond acceptors (Lipinski definition) is 4. The topological polar surface area (TPSA) is 58.4 Å². The van der Waals surface area contributed by atoms with E-state index >= 15 is 0 Å². The van der Waals surface area contributed by atoms with Crippen molar-refractivity contribution in [2.45, 2.75) is 38.8 Å². The highest BCUT2D eigenvalue weighted by Gasteiger charge is 2.21. The predicted molar refractivity (Wildman–Crippen MR) is 84.7 cm³/mol. The Kier molecular flexibility index (Phi) is 5.96. The highest BCUT2D eigenvalue weighted by atomic mass is 35.5. The summed E-state index contributed by atoms with van der Waals surface area (Å²) in [5, 5.41) is 15.1. The van der Waals surface area contributed by atoms with Crippen LogP contribution in [0.25, 0.3) is 0 Å². The van der Waals surface area contributed by atoms with Crippen LogP contribution in [-0.4, -0.2) is 35.5 Å². The molecule has 2 rings (SSSR count). The van der Waals surface area contributed by atoms with Gasteiger partial charge < -0.3 is 5.32 Å². The zero-order valence-corrected chi connectivity index (χ0v) is 13.1. The van der Waals surface area contributed by atoms with Gasteiger partial charge in [-0.3, -0.25) is 15.0 Å². The van der Waals surface area contributed by atoms with Crippen LogP contribution in [0.15, 0.2) is 18.2 Å². The third-order valence-electron chi connectivity index (χ3n) is 3.82. The van der Waals surface area contributed by atoms with E-state index < -0.39 is 0 Å². The zero-order chi connectivity index (χ0) is 15.2. The Morgan fingerprint density at radius 3 is 2.95 bits per heavy atom. The molecule has 0 aromatic heterocycles. The molecule has 6 heteroatoms. The number of nitro benzene ring substituents is 1. The lowest BCUT2D eigenvalue weighted by molar-refractivity contribution is -0.385. The van der Waals surface area contributed by atoms with Gasteiger partial charge in [-0.15, -0.1) is 0 Å². The third-order valence-corrected chi connectivity index (χ3v) is 4.05. The molecule has 1 N–H and O–H groups in total. The Labute approximate surface area is 130 Å². The summed E-state index contributed by atoms with van der Waals surface area (Å²) >= 11 is 5.87. The molecule has 21 heavy (non-hydrogen) atoms. The van der Waals surface area contributed by atoms with E-state index in [1.54, 1.807) is 12.1 Å². The zero-order valence-electron chi connectivity index (χ0n) is 12.3. The Morgan fingerprint density at radius 2 is 2.33 bits per heavy atom. The molecule has 0 spiro atoms. The van der Waals surface area contributed by atoms with Crippen molar-refractivity contribution in [3.63, 3.8) is 0 Å². The van der Waals surface area contributed by atoms with Gasteiger partial charge in [0.15, 0.2) is 0 Å². The standard InChI is InChI=1S/C15H22ClN3O2/c1-2-8-18(11-14-4-3-7-17-14)10-12-5-6-13(16)9-15(12)19(20)21/h5-6,9,14,17H,2-4,7-8,10-11H2,1H3. The number of rotatable bonds is 7. The van der Waals surface area contributed by atoms with Crippen LogP contribution in [0, 0.1) is 10.1 Å². The molecule has 0 bridgehead atoms. The minimum atomic E-state index is -0.348. The molecule has 1 aliphatic rings. The van der Waals surface area contributed by atoms with Crippen LogP contribution in [0.1, 0.15) is 31.7 Å². The monoisotopic (exact) mass is 311 g/mol. The normalized spacial score (nSPS) is 18.3. The molecule has 0 aliphatic carbocycles. The number of halogens is 1. The summed E-state index contributed by atoms with van der Waals surface area (Å²) in [6, 6.07) is 5.44. The number of hydrogen-bond donors (Lipinski definition) is 1. The van der Waals surface area contributed by atoms with Gasteiger partial charge in [0.1, 0.15) is 0 Å². The molecule has 1 heterocycles. The van der Waals surface area contributed by atoms with Crippen LogP contribution >= 0.6 is 11.6 Å². The summed E-state index contributed by atoms with van der Waals surface area (Å²) in [6.45, 7) is 5.68. The van der Waals surface area contributed by atoms with Crippen molar-refractivity contribution < 1.29 is 4.92 Å². The molecule has 116 valence electrons. The van der Waals surface area contributed by atoms with Crippen LogP contribution in [0.4, 0.5) is 5.69 Å². The maximum Gasteiger partial charge on any atom is 0.275 e. The molecule has 1 saturated heterocycles. The quantitative estimate of drug-likeness (QED) is 0.620. The average Bonchev–Trinajstić information content (AvgIpc) is 2.93. The van der Waals surface area contributed by atoms with Gasteiger partial charge in [-0.05, 0) is 44.5 Å². The van der Waals surface area contributed by atoms with Gasteiger partial charge in [0.25, 0.3) is 5.69 Å². The Morgan fingerprint density at radius 1 is 1.52 bits per heavy atom. The van der Waals surface area contributed by atoms with Crippen LogP contribution in [-0.2, 0) is 6.54 Å². The van der Waals surface area contributed by atoms with E-state index in [-0.39, 0.29) is 10.6 Å². The van der Waals surface area contributed by atoms with Crippen molar-refractivity contribution >= 4 is 17.3 Å². The molecule has 0 radical (unpaired) electrons. The van der Waals surface area contributed by atoms with Gasteiger partial charge >= 0.3 is 0 Å². The predicted octanol–water partition coefficient (Wildman–Crippen LogP) is 3.21. The van der Waals surface area contributed by atoms with Gasteiger partial charge in [0.2, 0.25) is 0 Å². The first-order valence-electron chi connectivity index (χ1n) is 7.48. The fourth-order valence-electron chi connectivity index (χ4n) is 2.86. The summed E-state index contributed by atoms with van der Waals surface area (Å²) in [5.41, 5.74) is 0.846. The lowest BCUT2D eigenvalue weighted by Gasteiger charge is -2.25. The van der Waals surface area contributed by atoms with Crippen LogP contribution in [0.2, 0.25) is 5.02 Å². The van der Waals surface area contributed by atoms with Gasteiger partial charge in [0.05, 0.1) is 4.92 Å². The number of benzene rings is 1. The molecule has 1 aromatic rings. The lowest BCUT2D eigenvalue weighted by Crippen LogP contribution is -2.37. The van der Waals surface area contributed by atoms with E-state index in [0.717, 1.165) is 31.6 Å². The maximum absolute atomic E-state index is 11.2. The SMILES string of the molecule is CCCN(Cc1ccc(Cl)cc1[N+](=O)[O-])CC1CCCN1. The second-order valence-electron chi connectivity index (χ2n) is 5.56. The summed E-state index contributed by atoms with van der Waals surface area (Å²) in [6.07, 6.45) is 3.43. The molecule has 1 aromatic carbocycles. The second kappa shape index (κ2) is 7.73. The lowest BCUT2D eigenvalue weighted by atomic mass is 10.1. The summed E-state index contributed by atoms with van der Waals surface area (Å²) in [4.78, 5) is 13.1. The molecule has 5 nitrogen and oxygen atoms in total. The van der Waals surface area contributed by atoms with Crippen molar-refractivity contribution in [2.75, 3.05) is 19.6 Å². The molecule has 1 unspecified atom stereocenters. The first-order chi connectivity index (χ1) is 10.1. The van der Waals surface area contributed by atoms with E-state index in [1.807, 2.05) is 0 Å². The summed E-state index contributed by atoms with van der Waals surface area (Å²) in [5.74, 6) is 0. The van der Waals surface area contributed by atoms with Crippen molar-refractivity contribution in [1.82, 2.24) is 10.2 Å². The number of nitrogens with one attached hydrogen (secondary N) is 1. The Hall–Kier alpha value is -1.17. The van der Waals surface area contributed by atoms with E-state index in [4.69, 9.17) is 11.6 Å². The van der Waals surface area contributed by atoms with Crippen LogP contribution in [0.3, 0.4) is 0 Å². The van der Waals surface area contributed by atoms with Crippen molar-refractivity contribution in [3.05, 3.63) is 38.9 Å². The molecular weight excluding hydrogens is 290 g/mol. The number of nitrogens with zero attached hydrogens (tertiary/aromatic N) is 2. The first kappa shape index (κ1) is 16.2. The first-order valence-corrected chi connectivity index (χ1v) is 7.86. The fourth-order valence-corrected chi connectivity index (χ4v) is 3.02. The van der Waals surface area contributed by atoms with E-state index in [0.29, 0.717) is 17.6 Å². The fraction of sp³-hybridized carbons (Fsp3) is 0.600. The van der Waals surface area contributed by atoms with Crippen molar-refractivity contribution in [3.8, 4) is 0 Å². The second-order valence-corrected chi connectivity index (χ2v) is 5.99. The van der Waals surface area contributed by atoms with Gasteiger partial charge in [-0.1, -0.05) is 18.5 Å². The minimum absolute atomic E-state index is 0.114. The molecule has 1 atom stereocenters. The molecule has 0 saturated carbocycles. The molecule has 1 aliphatic heterocycles. The van der Waals surface area contributed by atoms with Crippen LogP contribution in [0.5, 0.6) is 0 Å². The summed E-state index contributed by atoms with van der Waals surface area (Å²) < 4.78 is 0. The highest BCUT2D eigenvalue weighted by Crippen LogP contribution is 2.25. The number of nitro groups is 1. The van der Waals surface area contributed by atoms with Gasteiger partial charge in [-0.2, -0.15) is 0 Å². The van der Waals surface area contributed by atoms with E-state index in [2.05, 4.69) is 17.1 Å². The third kappa shape index (κ3) is 4.66. The van der Waals surface area contributed by atoms with Crippen molar-refractivity contribution in [2.24, 2.45) is 0 Å².